The fourth-order valence-corrected chi connectivity index (χ4v) is 2.63. The second-order valence-electron chi connectivity index (χ2n) is 3.85. The van der Waals surface area contributed by atoms with Gasteiger partial charge in [-0.25, -0.2) is 0 Å². The molecule has 1 saturated heterocycles. The van der Waals surface area contributed by atoms with E-state index in [-0.39, 0.29) is 0 Å². The maximum atomic E-state index is 10.9. The minimum atomic E-state index is -5.07. The average Bonchev–Trinajstić information content (AvgIpc) is 2.51. The number of ether oxygens (including phenoxy) is 1. The van der Waals surface area contributed by atoms with Gasteiger partial charge in [0.15, 0.2) is 11.4 Å². The van der Waals surface area contributed by atoms with Crippen LogP contribution in [0, 0.1) is 0 Å². The highest BCUT2D eigenvalue weighted by molar-refractivity contribution is 7.52. The lowest BCUT2D eigenvalue weighted by atomic mass is 9.96. The monoisotopic (exact) mass is 274 g/mol. The summed E-state index contributed by atoms with van der Waals surface area (Å²) in [5.41, 5.74) is -2.42. The van der Waals surface area contributed by atoms with Gasteiger partial charge >= 0.3 is 7.60 Å². The molecular weight excluding hydrogens is 259 g/mol. The summed E-state index contributed by atoms with van der Waals surface area (Å²) >= 11 is 0. The van der Waals surface area contributed by atoms with Gasteiger partial charge in [0.1, 0.15) is 18.3 Å². The van der Waals surface area contributed by atoms with E-state index in [9.17, 15) is 19.9 Å². The van der Waals surface area contributed by atoms with Gasteiger partial charge in [0.25, 0.3) is 0 Å². The summed E-state index contributed by atoms with van der Waals surface area (Å²) in [7, 11) is -5.07. The van der Waals surface area contributed by atoms with Crippen molar-refractivity contribution in [3.8, 4) is 0 Å². The molecule has 5 atom stereocenters. The van der Waals surface area contributed by atoms with Crippen molar-refractivity contribution < 1.29 is 44.6 Å². The number of aliphatic hydroxyl groups excluding tert-OH is 5. The Kier molecular flexibility index (Phi) is 4.30. The Morgan fingerprint density at radius 3 is 2.12 bits per heavy atom. The van der Waals surface area contributed by atoms with Crippen LogP contribution in [0.3, 0.4) is 0 Å². The molecule has 0 aromatic heterocycles. The maximum Gasteiger partial charge on any atom is 0.356 e. The van der Waals surface area contributed by atoms with Gasteiger partial charge in [0.05, 0.1) is 13.2 Å². The predicted octanol–water partition coefficient (Wildman–Crippen LogP) is -3.67. The van der Waals surface area contributed by atoms with Gasteiger partial charge in [-0.2, -0.15) is 0 Å². The summed E-state index contributed by atoms with van der Waals surface area (Å²) in [6, 6.07) is 0. The highest BCUT2D eigenvalue weighted by Gasteiger charge is 2.62. The van der Waals surface area contributed by atoms with Crippen LogP contribution in [0.2, 0.25) is 0 Å². The van der Waals surface area contributed by atoms with Crippen molar-refractivity contribution >= 4 is 7.60 Å². The molecule has 1 unspecified atom stereocenters. The summed E-state index contributed by atoms with van der Waals surface area (Å²) in [4.78, 5) is 17.6. The molecule has 0 aromatic rings. The number of rotatable bonds is 4. The lowest BCUT2D eigenvalue weighted by Crippen LogP contribution is -2.55. The standard InChI is InChI=1S/C7H15O9P/c8-1-3-4(10)5(11)7(2-9,16-3)6(12)17(13,14)15/h3-6,8-12H,1-2H2,(H2,13,14,15)/t3-,4-,5+,6?,7-/m1/s1. The Morgan fingerprint density at radius 2 is 1.82 bits per heavy atom. The second kappa shape index (κ2) is 4.88. The summed E-state index contributed by atoms with van der Waals surface area (Å²) in [5.74, 6) is -2.51. The maximum absolute atomic E-state index is 10.9. The first-order chi connectivity index (χ1) is 7.70. The van der Waals surface area contributed by atoms with E-state index in [1.54, 1.807) is 0 Å². The molecule has 102 valence electrons. The molecule has 0 radical (unpaired) electrons. The van der Waals surface area contributed by atoms with Gasteiger partial charge in [-0.1, -0.05) is 0 Å². The van der Waals surface area contributed by atoms with Gasteiger partial charge in [-0.05, 0) is 0 Å². The largest absolute Gasteiger partial charge is 0.394 e. The quantitative estimate of drug-likeness (QED) is 0.255. The lowest BCUT2D eigenvalue weighted by Gasteiger charge is -2.34. The average molecular weight is 274 g/mol. The zero-order chi connectivity index (χ0) is 13.4. The molecule has 0 amide bonds. The van der Waals surface area contributed by atoms with E-state index in [2.05, 4.69) is 0 Å². The van der Waals surface area contributed by atoms with E-state index in [4.69, 9.17) is 24.7 Å². The molecular formula is C7H15O9P. The molecule has 1 aliphatic heterocycles. The third-order valence-corrected chi connectivity index (χ3v) is 3.83. The van der Waals surface area contributed by atoms with Crippen molar-refractivity contribution in [2.24, 2.45) is 0 Å². The molecule has 0 bridgehead atoms. The first-order valence-electron chi connectivity index (χ1n) is 4.69. The summed E-state index contributed by atoms with van der Waals surface area (Å²) in [5, 5.41) is 46.3. The molecule has 7 N–H and O–H groups in total. The summed E-state index contributed by atoms with van der Waals surface area (Å²) < 4.78 is 15.7. The minimum absolute atomic E-state index is 0.742. The van der Waals surface area contributed by atoms with Crippen molar-refractivity contribution in [1.82, 2.24) is 0 Å². The smallest absolute Gasteiger partial charge is 0.356 e. The van der Waals surface area contributed by atoms with Gasteiger partial charge in [0.2, 0.25) is 0 Å². The fourth-order valence-electron chi connectivity index (χ4n) is 1.77. The van der Waals surface area contributed by atoms with E-state index in [0.717, 1.165) is 0 Å². The minimum Gasteiger partial charge on any atom is -0.394 e. The molecule has 1 fully saturated rings. The normalized spacial score (nSPS) is 40.5. The molecule has 0 aromatic carbocycles. The van der Waals surface area contributed by atoms with Crippen molar-refractivity contribution in [3.05, 3.63) is 0 Å². The highest BCUT2D eigenvalue weighted by Crippen LogP contribution is 2.50. The van der Waals surface area contributed by atoms with Crippen LogP contribution < -0.4 is 0 Å². The van der Waals surface area contributed by atoms with Gasteiger partial charge in [0, 0.05) is 0 Å². The number of aliphatic hydroxyl groups is 5. The van der Waals surface area contributed by atoms with Gasteiger partial charge < -0.3 is 40.1 Å². The SMILES string of the molecule is O=P(O)(O)C(O)[C@]1(CO)O[C@H](CO)[C@@H](O)[C@@H]1O. The second-order valence-corrected chi connectivity index (χ2v) is 5.52. The van der Waals surface area contributed by atoms with Crippen LogP contribution in [0.25, 0.3) is 0 Å². The van der Waals surface area contributed by atoms with E-state index in [1.165, 1.54) is 0 Å². The first kappa shape index (κ1) is 15.0. The Labute approximate surface area is 96.1 Å². The molecule has 0 spiro atoms. The van der Waals surface area contributed by atoms with Crippen molar-refractivity contribution in [2.45, 2.75) is 29.8 Å². The van der Waals surface area contributed by atoms with Crippen LogP contribution in [0.15, 0.2) is 0 Å². The van der Waals surface area contributed by atoms with E-state index in [1.807, 2.05) is 0 Å². The Hall–Kier alpha value is -0.0900. The summed E-state index contributed by atoms with van der Waals surface area (Å²) in [6.07, 6.45) is -4.96. The molecule has 9 nitrogen and oxygen atoms in total. The molecule has 0 aliphatic carbocycles. The van der Waals surface area contributed by atoms with Crippen LogP contribution in [-0.4, -0.2) is 78.3 Å². The zero-order valence-electron chi connectivity index (χ0n) is 8.62. The van der Waals surface area contributed by atoms with E-state index >= 15 is 0 Å². The molecule has 1 rings (SSSR count). The van der Waals surface area contributed by atoms with Crippen LogP contribution in [-0.2, 0) is 9.30 Å². The van der Waals surface area contributed by atoms with Crippen LogP contribution in [0.1, 0.15) is 0 Å². The Morgan fingerprint density at radius 1 is 1.29 bits per heavy atom. The number of hydrogen-bond acceptors (Lipinski definition) is 7. The van der Waals surface area contributed by atoms with E-state index < -0.39 is 50.6 Å². The molecule has 17 heavy (non-hydrogen) atoms. The van der Waals surface area contributed by atoms with Gasteiger partial charge in [-0.15, -0.1) is 0 Å². The molecule has 0 saturated carbocycles. The molecule has 10 heteroatoms. The van der Waals surface area contributed by atoms with Crippen LogP contribution in [0.5, 0.6) is 0 Å². The fraction of sp³-hybridized carbons (Fsp3) is 1.00. The molecule has 1 aliphatic rings. The highest BCUT2D eigenvalue weighted by atomic mass is 31.2. The van der Waals surface area contributed by atoms with Crippen LogP contribution >= 0.6 is 7.60 Å². The lowest BCUT2D eigenvalue weighted by molar-refractivity contribution is -0.158. The van der Waals surface area contributed by atoms with Gasteiger partial charge in [-0.3, -0.25) is 4.57 Å². The third-order valence-electron chi connectivity index (χ3n) is 2.76. The van der Waals surface area contributed by atoms with Crippen molar-refractivity contribution in [2.75, 3.05) is 13.2 Å². The topological polar surface area (TPSA) is 168 Å². The Balaban J connectivity index is 3.09. The third kappa shape index (κ3) is 2.39. The predicted molar refractivity (Wildman–Crippen MR) is 51.8 cm³/mol. The summed E-state index contributed by atoms with van der Waals surface area (Å²) in [6.45, 7) is -1.87. The first-order valence-corrected chi connectivity index (χ1v) is 6.38. The molecule has 1 heterocycles. The van der Waals surface area contributed by atoms with Crippen molar-refractivity contribution in [3.63, 3.8) is 0 Å². The zero-order valence-corrected chi connectivity index (χ0v) is 9.51. The van der Waals surface area contributed by atoms with Crippen molar-refractivity contribution in [1.29, 1.82) is 0 Å². The van der Waals surface area contributed by atoms with Crippen LogP contribution in [0.4, 0.5) is 0 Å². The van der Waals surface area contributed by atoms with E-state index in [0.29, 0.717) is 0 Å². The number of hydrogen-bond donors (Lipinski definition) is 7. The Bertz CT molecular complexity index is 316.